The Morgan fingerprint density at radius 1 is 1.32 bits per heavy atom. The quantitative estimate of drug-likeness (QED) is 0.694. The lowest BCUT2D eigenvalue weighted by atomic mass is 9.61. The first-order chi connectivity index (χ1) is 9.09. The van der Waals surface area contributed by atoms with Crippen molar-refractivity contribution in [1.29, 1.82) is 0 Å². The highest BCUT2D eigenvalue weighted by Crippen LogP contribution is 2.50. The third kappa shape index (κ3) is 2.97. The van der Waals surface area contributed by atoms with Crippen molar-refractivity contribution in [3.05, 3.63) is 22.8 Å². The Labute approximate surface area is 118 Å². The number of hydrogen-bond donors (Lipinski definition) is 1. The van der Waals surface area contributed by atoms with Crippen molar-refractivity contribution in [2.75, 3.05) is 0 Å². The summed E-state index contributed by atoms with van der Waals surface area (Å²) in [6.45, 7) is 6.83. The maximum absolute atomic E-state index is 10.4. The van der Waals surface area contributed by atoms with E-state index in [-0.39, 0.29) is 11.5 Å². The largest absolute Gasteiger partial charge is 0.392 e. The number of unbranched alkanes of at least 4 members (excludes halogenated alkanes) is 3. The number of hydrogen-bond acceptors (Lipinski definition) is 1. The molecule has 0 aliphatic heterocycles. The van der Waals surface area contributed by atoms with Gasteiger partial charge in [0, 0.05) is 5.41 Å². The molecule has 108 valence electrons. The number of allylic oxidation sites excluding steroid dienone is 3. The number of aliphatic hydroxyl groups is 1. The van der Waals surface area contributed by atoms with E-state index in [1.807, 2.05) is 0 Å². The zero-order valence-electron chi connectivity index (χ0n) is 13.0. The van der Waals surface area contributed by atoms with Gasteiger partial charge in [0.25, 0.3) is 0 Å². The second kappa shape index (κ2) is 6.26. The molecular weight excluding hydrogens is 232 g/mol. The molecule has 2 rings (SSSR count). The van der Waals surface area contributed by atoms with E-state index < -0.39 is 0 Å². The van der Waals surface area contributed by atoms with E-state index in [1.165, 1.54) is 37.7 Å². The molecule has 0 heterocycles. The summed E-state index contributed by atoms with van der Waals surface area (Å²) in [6.07, 6.45) is 13.2. The van der Waals surface area contributed by atoms with Gasteiger partial charge in [-0.2, -0.15) is 0 Å². The summed E-state index contributed by atoms with van der Waals surface area (Å²) in [5.74, 6) is 0. The van der Waals surface area contributed by atoms with Crippen LogP contribution in [-0.4, -0.2) is 11.2 Å². The fourth-order valence-electron chi connectivity index (χ4n) is 3.91. The van der Waals surface area contributed by atoms with Crippen molar-refractivity contribution in [3.8, 4) is 0 Å². The van der Waals surface area contributed by atoms with E-state index in [9.17, 15) is 5.11 Å². The van der Waals surface area contributed by atoms with E-state index >= 15 is 0 Å². The zero-order chi connectivity index (χ0) is 13.9. The van der Waals surface area contributed by atoms with E-state index in [2.05, 4.69) is 26.8 Å². The van der Waals surface area contributed by atoms with Crippen molar-refractivity contribution in [2.45, 2.75) is 84.7 Å². The van der Waals surface area contributed by atoms with Crippen molar-refractivity contribution in [3.63, 3.8) is 0 Å². The van der Waals surface area contributed by atoms with Gasteiger partial charge in [-0.1, -0.05) is 38.3 Å². The molecule has 0 aromatic heterocycles. The van der Waals surface area contributed by atoms with Crippen molar-refractivity contribution in [2.24, 2.45) is 5.41 Å². The second-order valence-corrected chi connectivity index (χ2v) is 6.65. The highest BCUT2D eigenvalue weighted by atomic mass is 16.3. The Bertz CT molecular complexity index is 377. The van der Waals surface area contributed by atoms with Gasteiger partial charge >= 0.3 is 0 Å². The van der Waals surface area contributed by atoms with Gasteiger partial charge in [-0.15, -0.1) is 0 Å². The molecular formula is C18H30O. The molecule has 0 unspecified atom stereocenters. The molecule has 2 atom stereocenters. The first kappa shape index (κ1) is 14.8. The summed E-state index contributed by atoms with van der Waals surface area (Å²) in [5, 5.41) is 10.4. The Morgan fingerprint density at radius 2 is 2.11 bits per heavy atom. The minimum Gasteiger partial charge on any atom is -0.392 e. The number of aliphatic hydroxyl groups excluding tert-OH is 1. The predicted molar refractivity (Wildman–Crippen MR) is 82.1 cm³/mol. The Kier molecular flexibility index (Phi) is 4.89. The summed E-state index contributed by atoms with van der Waals surface area (Å²) in [7, 11) is 0. The smallest absolute Gasteiger partial charge is 0.0631 e. The fourth-order valence-corrected chi connectivity index (χ4v) is 3.91. The third-order valence-corrected chi connectivity index (χ3v) is 5.38. The summed E-state index contributed by atoms with van der Waals surface area (Å²) in [6, 6.07) is 0. The molecule has 19 heavy (non-hydrogen) atoms. The summed E-state index contributed by atoms with van der Waals surface area (Å²) >= 11 is 0. The van der Waals surface area contributed by atoms with Gasteiger partial charge in [0.15, 0.2) is 0 Å². The molecule has 0 saturated heterocycles. The van der Waals surface area contributed by atoms with Gasteiger partial charge < -0.3 is 5.11 Å². The Hall–Kier alpha value is -0.560. The van der Waals surface area contributed by atoms with Crippen LogP contribution in [0.2, 0.25) is 0 Å². The first-order valence-corrected chi connectivity index (χ1v) is 8.17. The molecule has 1 fully saturated rings. The molecule has 0 amide bonds. The van der Waals surface area contributed by atoms with Gasteiger partial charge in [-0.3, -0.25) is 0 Å². The normalized spacial score (nSPS) is 33.7. The zero-order valence-corrected chi connectivity index (χ0v) is 13.0. The molecule has 0 aromatic carbocycles. The molecule has 0 radical (unpaired) electrons. The van der Waals surface area contributed by atoms with Crippen LogP contribution in [0, 0.1) is 5.41 Å². The average molecular weight is 262 g/mol. The molecule has 1 heteroatoms. The summed E-state index contributed by atoms with van der Waals surface area (Å²) in [4.78, 5) is 0. The predicted octanol–water partition coefficient (Wildman–Crippen LogP) is 5.15. The van der Waals surface area contributed by atoms with E-state index in [1.54, 1.807) is 11.1 Å². The van der Waals surface area contributed by atoms with Crippen molar-refractivity contribution < 1.29 is 5.11 Å². The molecule has 1 saturated carbocycles. The highest BCUT2D eigenvalue weighted by Gasteiger charge is 2.42. The van der Waals surface area contributed by atoms with Crippen molar-refractivity contribution in [1.82, 2.24) is 0 Å². The minimum absolute atomic E-state index is 0.0725. The summed E-state index contributed by atoms with van der Waals surface area (Å²) in [5.41, 5.74) is 4.70. The fraction of sp³-hybridized carbons (Fsp3) is 0.778. The summed E-state index contributed by atoms with van der Waals surface area (Å²) < 4.78 is 0. The van der Waals surface area contributed by atoms with Crippen LogP contribution >= 0.6 is 0 Å². The number of fused-ring (bicyclic) bond motifs is 1. The maximum atomic E-state index is 10.4. The molecule has 0 aromatic rings. The Morgan fingerprint density at radius 3 is 2.84 bits per heavy atom. The molecule has 1 N–H and O–H groups in total. The van der Waals surface area contributed by atoms with Crippen LogP contribution < -0.4 is 0 Å². The Balaban J connectivity index is 2.14. The van der Waals surface area contributed by atoms with Crippen LogP contribution in [0.1, 0.15) is 78.6 Å². The SMILES string of the molecule is CCCCCC=C1CC[C@@]2(C)C(=C1C)CCC[C@@H]2O. The van der Waals surface area contributed by atoms with E-state index in [0.29, 0.717) is 0 Å². The second-order valence-electron chi connectivity index (χ2n) is 6.65. The molecule has 1 nitrogen and oxygen atoms in total. The monoisotopic (exact) mass is 262 g/mol. The first-order valence-electron chi connectivity index (χ1n) is 8.17. The van der Waals surface area contributed by atoms with Gasteiger partial charge in [0.05, 0.1) is 6.10 Å². The lowest BCUT2D eigenvalue weighted by molar-refractivity contribution is 0.0278. The van der Waals surface area contributed by atoms with Crippen LogP contribution in [-0.2, 0) is 0 Å². The maximum Gasteiger partial charge on any atom is 0.0631 e. The van der Waals surface area contributed by atoms with Crippen LogP contribution in [0.3, 0.4) is 0 Å². The lowest BCUT2D eigenvalue weighted by Crippen LogP contribution is -2.40. The van der Waals surface area contributed by atoms with Crippen LogP contribution in [0.15, 0.2) is 22.8 Å². The topological polar surface area (TPSA) is 20.2 Å². The van der Waals surface area contributed by atoms with Crippen LogP contribution in [0.5, 0.6) is 0 Å². The van der Waals surface area contributed by atoms with Crippen molar-refractivity contribution >= 4 is 0 Å². The van der Waals surface area contributed by atoms with Gasteiger partial charge in [0.1, 0.15) is 0 Å². The average Bonchev–Trinajstić information content (AvgIpc) is 2.40. The highest BCUT2D eigenvalue weighted by molar-refractivity contribution is 5.41. The molecule has 0 bridgehead atoms. The van der Waals surface area contributed by atoms with Gasteiger partial charge in [-0.25, -0.2) is 0 Å². The third-order valence-electron chi connectivity index (χ3n) is 5.38. The van der Waals surface area contributed by atoms with Crippen LogP contribution in [0.25, 0.3) is 0 Å². The lowest BCUT2D eigenvalue weighted by Gasteiger charge is -2.45. The van der Waals surface area contributed by atoms with E-state index in [4.69, 9.17) is 0 Å². The molecule has 2 aliphatic carbocycles. The minimum atomic E-state index is -0.118. The molecule has 0 spiro atoms. The number of rotatable bonds is 4. The standard InChI is InChI=1S/C18H30O/c1-4-5-6-7-9-15-12-13-18(3)16(14(15)2)10-8-11-17(18)19/h9,17,19H,4-8,10-13H2,1-3H3/t17-,18-/m0/s1. The molecule has 2 aliphatic rings. The van der Waals surface area contributed by atoms with Gasteiger partial charge in [0.2, 0.25) is 0 Å². The van der Waals surface area contributed by atoms with Crippen LogP contribution in [0.4, 0.5) is 0 Å². The van der Waals surface area contributed by atoms with Gasteiger partial charge in [-0.05, 0) is 63.0 Å². The van der Waals surface area contributed by atoms with E-state index in [0.717, 1.165) is 25.7 Å².